The van der Waals surface area contributed by atoms with E-state index in [1.54, 1.807) is 6.20 Å². The van der Waals surface area contributed by atoms with Gasteiger partial charge in [-0.2, -0.15) is 0 Å². The molecule has 0 saturated carbocycles. The van der Waals surface area contributed by atoms with Crippen LogP contribution in [0.5, 0.6) is 0 Å². The molecule has 21 heavy (non-hydrogen) atoms. The van der Waals surface area contributed by atoms with Gasteiger partial charge in [0.05, 0.1) is 6.20 Å². The summed E-state index contributed by atoms with van der Waals surface area (Å²) in [5.74, 6) is 1.22. The molecule has 2 unspecified atom stereocenters. The minimum atomic E-state index is -0.312. The Labute approximate surface area is 123 Å². The Morgan fingerprint density at radius 1 is 1.48 bits per heavy atom. The summed E-state index contributed by atoms with van der Waals surface area (Å²) in [6.45, 7) is 4.52. The second-order valence-corrected chi connectivity index (χ2v) is 5.38. The number of rotatable bonds is 3. The molecule has 0 bridgehead atoms. The maximum absolute atomic E-state index is 12.5. The first-order chi connectivity index (χ1) is 10.1. The molecule has 1 amide bonds. The quantitative estimate of drug-likeness (QED) is 0.905. The molecule has 2 aromatic rings. The Kier molecular flexibility index (Phi) is 3.75. The topological polar surface area (TPSA) is 67.2 Å². The van der Waals surface area contributed by atoms with Gasteiger partial charge in [0.2, 0.25) is 11.8 Å². The number of amides is 1. The van der Waals surface area contributed by atoms with Gasteiger partial charge >= 0.3 is 0 Å². The Hall–Kier alpha value is -2.14. The maximum Gasteiger partial charge on any atom is 0.242 e. The van der Waals surface area contributed by atoms with Crippen LogP contribution in [0.2, 0.25) is 0 Å². The third-order valence-corrected chi connectivity index (χ3v) is 3.74. The molecule has 0 fully saturated rings. The van der Waals surface area contributed by atoms with E-state index in [0.717, 1.165) is 24.3 Å². The second-order valence-electron chi connectivity index (χ2n) is 5.38. The molecule has 2 heterocycles. The van der Waals surface area contributed by atoms with Gasteiger partial charge in [-0.05, 0) is 31.4 Å². The Balaban J connectivity index is 1.74. The highest BCUT2D eigenvalue weighted by Crippen LogP contribution is 2.23. The van der Waals surface area contributed by atoms with Crippen LogP contribution in [0.1, 0.15) is 41.8 Å². The number of fused-ring (bicyclic) bond motifs is 1. The number of aromatic nitrogens is 1. The zero-order chi connectivity index (χ0) is 14.8. The third kappa shape index (κ3) is 2.83. The number of benzene rings is 1. The lowest BCUT2D eigenvalue weighted by Gasteiger charge is -2.26. The average molecular weight is 285 g/mol. The predicted molar refractivity (Wildman–Crippen MR) is 78.7 cm³/mol. The summed E-state index contributed by atoms with van der Waals surface area (Å²) in [5.41, 5.74) is 2.29. The van der Waals surface area contributed by atoms with Crippen LogP contribution >= 0.6 is 0 Å². The van der Waals surface area contributed by atoms with Crippen LogP contribution in [-0.2, 0) is 11.2 Å². The minimum Gasteiger partial charge on any atom is -0.444 e. The van der Waals surface area contributed by atoms with Gasteiger partial charge in [0.25, 0.3) is 0 Å². The molecular formula is C16H19N3O2. The van der Waals surface area contributed by atoms with E-state index in [-0.39, 0.29) is 18.0 Å². The summed E-state index contributed by atoms with van der Waals surface area (Å²) < 4.78 is 5.46. The van der Waals surface area contributed by atoms with E-state index in [2.05, 4.69) is 21.7 Å². The van der Waals surface area contributed by atoms with Crippen LogP contribution < -0.4 is 10.6 Å². The lowest BCUT2D eigenvalue weighted by atomic mass is 9.94. The summed E-state index contributed by atoms with van der Waals surface area (Å²) in [5, 5.41) is 6.24. The van der Waals surface area contributed by atoms with Gasteiger partial charge in [-0.1, -0.05) is 24.3 Å². The highest BCUT2D eigenvalue weighted by atomic mass is 16.4. The Morgan fingerprint density at radius 3 is 3.05 bits per heavy atom. The number of nitrogens with one attached hydrogen (secondary N) is 2. The van der Waals surface area contributed by atoms with Crippen molar-refractivity contribution in [3.8, 4) is 0 Å². The van der Waals surface area contributed by atoms with Crippen molar-refractivity contribution in [1.29, 1.82) is 0 Å². The van der Waals surface area contributed by atoms with Crippen LogP contribution in [0.4, 0.5) is 0 Å². The molecule has 1 aliphatic rings. The fraction of sp³-hybridized carbons (Fsp3) is 0.375. The first kappa shape index (κ1) is 13.8. The zero-order valence-corrected chi connectivity index (χ0v) is 12.2. The van der Waals surface area contributed by atoms with Gasteiger partial charge < -0.3 is 15.1 Å². The molecule has 2 N–H and O–H groups in total. The molecule has 5 nitrogen and oxygen atoms in total. The van der Waals surface area contributed by atoms with Crippen LogP contribution in [0.15, 0.2) is 34.9 Å². The van der Waals surface area contributed by atoms with Crippen molar-refractivity contribution in [3.63, 3.8) is 0 Å². The first-order valence-corrected chi connectivity index (χ1v) is 7.19. The van der Waals surface area contributed by atoms with Gasteiger partial charge in [-0.3, -0.25) is 4.79 Å². The van der Waals surface area contributed by atoms with Gasteiger partial charge in [0.15, 0.2) is 0 Å². The van der Waals surface area contributed by atoms with Gasteiger partial charge in [0.1, 0.15) is 17.8 Å². The van der Waals surface area contributed by atoms with Crippen molar-refractivity contribution in [3.05, 3.63) is 53.2 Å². The monoisotopic (exact) mass is 285 g/mol. The Bertz CT molecular complexity index is 650. The third-order valence-electron chi connectivity index (χ3n) is 3.74. The highest BCUT2D eigenvalue weighted by Gasteiger charge is 2.27. The summed E-state index contributed by atoms with van der Waals surface area (Å²) >= 11 is 0. The Morgan fingerprint density at radius 2 is 2.29 bits per heavy atom. The van der Waals surface area contributed by atoms with E-state index < -0.39 is 0 Å². The molecule has 3 rings (SSSR count). The van der Waals surface area contributed by atoms with Crippen LogP contribution in [0.25, 0.3) is 0 Å². The molecule has 110 valence electrons. The normalized spacial score (nSPS) is 18.9. The molecule has 0 radical (unpaired) electrons. The average Bonchev–Trinajstić information content (AvgIpc) is 2.93. The van der Waals surface area contributed by atoms with Crippen LogP contribution in [-0.4, -0.2) is 17.4 Å². The van der Waals surface area contributed by atoms with Crippen molar-refractivity contribution < 1.29 is 9.21 Å². The molecule has 5 heteroatoms. The van der Waals surface area contributed by atoms with Gasteiger partial charge in [0, 0.05) is 6.54 Å². The summed E-state index contributed by atoms with van der Waals surface area (Å²) in [6, 6.07) is 7.50. The summed E-state index contributed by atoms with van der Waals surface area (Å²) in [6.07, 6.45) is 2.61. The van der Waals surface area contributed by atoms with E-state index >= 15 is 0 Å². The minimum absolute atomic E-state index is 0.0505. The lowest BCUT2D eigenvalue weighted by molar-refractivity contribution is -0.124. The molecule has 1 aromatic carbocycles. The molecule has 1 aliphatic heterocycles. The summed E-state index contributed by atoms with van der Waals surface area (Å²) in [4.78, 5) is 16.7. The zero-order valence-electron chi connectivity index (χ0n) is 12.2. The van der Waals surface area contributed by atoms with E-state index in [1.807, 2.05) is 32.0 Å². The van der Waals surface area contributed by atoms with Crippen LogP contribution in [0.3, 0.4) is 0 Å². The number of hydrogen-bond acceptors (Lipinski definition) is 4. The van der Waals surface area contributed by atoms with Gasteiger partial charge in [-0.25, -0.2) is 4.98 Å². The van der Waals surface area contributed by atoms with Gasteiger partial charge in [-0.15, -0.1) is 0 Å². The van der Waals surface area contributed by atoms with Crippen molar-refractivity contribution in [2.24, 2.45) is 0 Å². The lowest BCUT2D eigenvalue weighted by Crippen LogP contribution is -2.42. The number of carbonyl (C=O) groups is 1. The smallest absolute Gasteiger partial charge is 0.242 e. The SMILES string of the molecule is Cc1cnc(C(C)NC(=O)C2NCCc3ccccc32)o1. The second kappa shape index (κ2) is 5.69. The predicted octanol–water partition coefficient (Wildman–Crippen LogP) is 2.05. The number of oxazole rings is 1. The molecule has 0 spiro atoms. The fourth-order valence-corrected chi connectivity index (χ4v) is 2.67. The molecular weight excluding hydrogens is 266 g/mol. The summed E-state index contributed by atoms with van der Waals surface area (Å²) in [7, 11) is 0. The van der Waals surface area contributed by atoms with Crippen molar-refractivity contribution in [2.75, 3.05) is 6.54 Å². The number of nitrogens with zero attached hydrogens (tertiary/aromatic N) is 1. The number of carbonyl (C=O) groups excluding carboxylic acids is 1. The van der Waals surface area contributed by atoms with Crippen molar-refractivity contribution >= 4 is 5.91 Å². The largest absolute Gasteiger partial charge is 0.444 e. The fourth-order valence-electron chi connectivity index (χ4n) is 2.67. The number of hydrogen-bond donors (Lipinski definition) is 2. The van der Waals surface area contributed by atoms with Crippen molar-refractivity contribution in [1.82, 2.24) is 15.6 Å². The van der Waals surface area contributed by atoms with E-state index in [9.17, 15) is 4.79 Å². The maximum atomic E-state index is 12.5. The number of aryl methyl sites for hydroxylation is 1. The molecule has 1 aromatic heterocycles. The molecule has 0 saturated heterocycles. The molecule has 2 atom stereocenters. The van der Waals surface area contributed by atoms with E-state index in [1.165, 1.54) is 5.56 Å². The highest BCUT2D eigenvalue weighted by molar-refractivity contribution is 5.84. The van der Waals surface area contributed by atoms with E-state index in [0.29, 0.717) is 5.89 Å². The standard InChI is InChI=1S/C16H19N3O2/c1-10-9-18-16(21-10)11(2)19-15(20)14-13-6-4-3-5-12(13)7-8-17-14/h3-6,9,11,14,17H,7-8H2,1-2H3,(H,19,20). The van der Waals surface area contributed by atoms with Crippen molar-refractivity contribution in [2.45, 2.75) is 32.4 Å². The first-order valence-electron chi connectivity index (χ1n) is 7.19. The van der Waals surface area contributed by atoms with E-state index in [4.69, 9.17) is 4.42 Å². The van der Waals surface area contributed by atoms with Crippen LogP contribution in [0, 0.1) is 6.92 Å². The molecule has 0 aliphatic carbocycles.